The quantitative estimate of drug-likeness (QED) is 0.475. The lowest BCUT2D eigenvalue weighted by molar-refractivity contribution is -0.121. The van der Waals surface area contributed by atoms with Gasteiger partial charge < -0.3 is 19.7 Å². The summed E-state index contributed by atoms with van der Waals surface area (Å²) >= 11 is 6.08. The number of nitrogens with zero attached hydrogens (tertiary/aromatic N) is 1. The smallest absolute Gasteiger partial charge is 0.254 e. The molecule has 2 N–H and O–H groups in total. The first-order valence-electron chi connectivity index (χ1n) is 9.66. The predicted octanol–water partition coefficient (Wildman–Crippen LogP) is 1.02. The highest BCUT2D eigenvalue weighted by Gasteiger charge is 2.24. The molecule has 0 spiro atoms. The van der Waals surface area contributed by atoms with Gasteiger partial charge in [0.15, 0.2) is 0 Å². The number of rotatable bonds is 11. The van der Waals surface area contributed by atoms with Gasteiger partial charge in [-0.05, 0) is 37.5 Å². The molecule has 9 nitrogen and oxygen atoms in total. The van der Waals surface area contributed by atoms with Gasteiger partial charge in [0.2, 0.25) is 15.9 Å². The van der Waals surface area contributed by atoms with Crippen molar-refractivity contribution >= 4 is 33.4 Å². The van der Waals surface area contributed by atoms with Crippen LogP contribution in [0.2, 0.25) is 5.02 Å². The number of carbonyl (C=O) groups is 2. The maximum atomic E-state index is 12.7. The monoisotopic (exact) mass is 461 g/mol. The molecule has 1 unspecified atom stereocenters. The van der Waals surface area contributed by atoms with Crippen LogP contribution in [0.3, 0.4) is 0 Å². The van der Waals surface area contributed by atoms with Gasteiger partial charge in [-0.3, -0.25) is 9.59 Å². The summed E-state index contributed by atoms with van der Waals surface area (Å²) in [6.45, 7) is 1.56. The van der Waals surface area contributed by atoms with Crippen LogP contribution in [-0.4, -0.2) is 78.2 Å². The van der Waals surface area contributed by atoms with Crippen molar-refractivity contribution in [1.82, 2.24) is 14.9 Å². The Morgan fingerprint density at radius 2 is 2.13 bits per heavy atom. The van der Waals surface area contributed by atoms with E-state index in [1.807, 2.05) is 0 Å². The Morgan fingerprint density at radius 1 is 1.37 bits per heavy atom. The second-order valence-corrected chi connectivity index (χ2v) is 9.13. The van der Waals surface area contributed by atoms with E-state index in [1.165, 1.54) is 30.1 Å². The van der Waals surface area contributed by atoms with Crippen molar-refractivity contribution < 1.29 is 27.5 Å². The topological polar surface area (TPSA) is 114 Å². The van der Waals surface area contributed by atoms with Gasteiger partial charge in [-0.1, -0.05) is 11.6 Å². The van der Waals surface area contributed by atoms with E-state index in [4.69, 9.17) is 21.1 Å². The van der Waals surface area contributed by atoms with Gasteiger partial charge in [-0.15, -0.1) is 0 Å². The third kappa shape index (κ3) is 7.21. The van der Waals surface area contributed by atoms with Crippen LogP contribution in [0.5, 0.6) is 0 Å². The second-order valence-electron chi connectivity index (χ2n) is 6.99. The van der Waals surface area contributed by atoms with E-state index in [9.17, 15) is 18.0 Å². The Kier molecular flexibility index (Phi) is 9.50. The van der Waals surface area contributed by atoms with Crippen LogP contribution in [0, 0.1) is 0 Å². The summed E-state index contributed by atoms with van der Waals surface area (Å²) in [7, 11) is -0.880. The number of likely N-dealkylation sites (N-methyl/N-ethyl adjacent to an activating group) is 1. The third-order valence-electron chi connectivity index (χ3n) is 4.57. The number of carbonyl (C=O) groups excluding carboxylic acids is 2. The number of hydrogen-bond donors (Lipinski definition) is 2. The Hall–Kier alpha value is -1.72. The van der Waals surface area contributed by atoms with Crippen LogP contribution >= 0.6 is 11.6 Å². The van der Waals surface area contributed by atoms with E-state index in [0.29, 0.717) is 26.2 Å². The molecule has 1 heterocycles. The van der Waals surface area contributed by atoms with E-state index in [2.05, 4.69) is 10.0 Å². The number of halogens is 1. The number of amides is 2. The van der Waals surface area contributed by atoms with E-state index < -0.39 is 15.9 Å². The molecule has 30 heavy (non-hydrogen) atoms. The van der Waals surface area contributed by atoms with Crippen LogP contribution in [0.25, 0.3) is 0 Å². The lowest BCUT2D eigenvalue weighted by Crippen LogP contribution is -2.39. The highest BCUT2D eigenvalue weighted by atomic mass is 35.5. The van der Waals surface area contributed by atoms with Crippen molar-refractivity contribution in [3.05, 3.63) is 28.8 Å². The lowest BCUT2D eigenvalue weighted by Gasteiger charge is -2.18. The molecule has 1 aliphatic rings. The average Bonchev–Trinajstić information content (AvgIpc) is 3.23. The molecule has 0 aliphatic carbocycles. The summed E-state index contributed by atoms with van der Waals surface area (Å²) in [5, 5.41) is 2.70. The molecule has 2 amide bonds. The molecular formula is C19H28ClN3O6S. The van der Waals surface area contributed by atoms with Crippen LogP contribution in [0.4, 0.5) is 0 Å². The summed E-state index contributed by atoms with van der Waals surface area (Å²) in [6.07, 6.45) is 2.17. The summed E-state index contributed by atoms with van der Waals surface area (Å²) in [6, 6.07) is 4.00. The maximum Gasteiger partial charge on any atom is 0.254 e. The minimum atomic E-state index is -3.92. The molecule has 168 valence electrons. The fraction of sp³-hybridized carbons (Fsp3) is 0.579. The van der Waals surface area contributed by atoms with Crippen molar-refractivity contribution in [2.24, 2.45) is 0 Å². The van der Waals surface area contributed by atoms with Gasteiger partial charge in [0.1, 0.15) is 4.90 Å². The molecule has 1 aromatic rings. The Labute approximate surface area is 182 Å². The van der Waals surface area contributed by atoms with Gasteiger partial charge >= 0.3 is 0 Å². The third-order valence-corrected chi connectivity index (χ3v) is 6.47. The number of methoxy groups -OCH3 is 1. The molecule has 1 aromatic carbocycles. The molecule has 1 fully saturated rings. The van der Waals surface area contributed by atoms with Gasteiger partial charge in [0, 0.05) is 46.0 Å². The van der Waals surface area contributed by atoms with Gasteiger partial charge in [-0.2, -0.15) is 0 Å². The summed E-state index contributed by atoms with van der Waals surface area (Å²) in [4.78, 5) is 25.6. The van der Waals surface area contributed by atoms with Crippen molar-refractivity contribution in [2.75, 3.05) is 47.0 Å². The molecule has 0 radical (unpaired) electrons. The van der Waals surface area contributed by atoms with Crippen molar-refractivity contribution in [3.8, 4) is 0 Å². The van der Waals surface area contributed by atoms with Gasteiger partial charge in [0.05, 0.1) is 17.7 Å². The highest BCUT2D eigenvalue weighted by Crippen LogP contribution is 2.23. The zero-order chi connectivity index (χ0) is 22.1. The fourth-order valence-corrected chi connectivity index (χ4v) is 4.53. The first kappa shape index (κ1) is 24.5. The van der Waals surface area contributed by atoms with Gasteiger partial charge in [0.25, 0.3) is 5.91 Å². The molecule has 0 bridgehead atoms. The molecule has 1 saturated heterocycles. The first-order valence-corrected chi connectivity index (χ1v) is 11.5. The zero-order valence-electron chi connectivity index (χ0n) is 17.1. The molecular weight excluding hydrogens is 434 g/mol. The number of nitrogens with one attached hydrogen (secondary N) is 2. The van der Waals surface area contributed by atoms with E-state index in [0.717, 1.165) is 12.8 Å². The number of ether oxygens (including phenoxy) is 2. The van der Waals surface area contributed by atoms with Crippen molar-refractivity contribution in [3.63, 3.8) is 0 Å². The Bertz CT molecular complexity index is 843. The van der Waals surface area contributed by atoms with Crippen LogP contribution in [0.15, 0.2) is 23.1 Å². The summed E-state index contributed by atoms with van der Waals surface area (Å²) in [5.74, 6) is -0.809. The number of hydrogen-bond acceptors (Lipinski definition) is 6. The summed E-state index contributed by atoms with van der Waals surface area (Å²) in [5.41, 5.74) is 0.117. The first-order chi connectivity index (χ1) is 14.2. The minimum Gasteiger partial charge on any atom is -0.385 e. The van der Waals surface area contributed by atoms with Crippen LogP contribution in [-0.2, 0) is 24.3 Å². The molecule has 0 saturated carbocycles. The minimum absolute atomic E-state index is 0.00456. The Morgan fingerprint density at radius 3 is 2.80 bits per heavy atom. The fourth-order valence-electron chi connectivity index (χ4n) is 2.94. The molecule has 1 atom stereocenters. The van der Waals surface area contributed by atoms with Crippen molar-refractivity contribution in [2.45, 2.75) is 30.3 Å². The Balaban J connectivity index is 2.01. The average molecular weight is 462 g/mol. The van der Waals surface area contributed by atoms with Crippen molar-refractivity contribution in [1.29, 1.82) is 0 Å². The number of sulfonamides is 1. The van der Waals surface area contributed by atoms with E-state index in [1.54, 1.807) is 7.11 Å². The van der Waals surface area contributed by atoms with Crippen LogP contribution < -0.4 is 10.0 Å². The second kappa shape index (κ2) is 11.6. The maximum absolute atomic E-state index is 12.7. The molecule has 1 aliphatic heterocycles. The largest absolute Gasteiger partial charge is 0.385 e. The van der Waals surface area contributed by atoms with Crippen LogP contribution in [0.1, 0.15) is 29.6 Å². The lowest BCUT2D eigenvalue weighted by atomic mass is 10.2. The molecule has 2 rings (SSSR count). The molecule has 11 heteroatoms. The number of benzene rings is 1. The van der Waals surface area contributed by atoms with E-state index >= 15 is 0 Å². The highest BCUT2D eigenvalue weighted by molar-refractivity contribution is 7.89. The van der Waals surface area contributed by atoms with Gasteiger partial charge in [-0.25, -0.2) is 13.1 Å². The standard InChI is InChI=1S/C19H28ClN3O6S/c1-23(13-18(24)21-8-4-9-28-2)19(25)14-6-7-16(20)17(11-14)30(26,27)22-12-15-5-3-10-29-15/h6-7,11,15,22H,3-5,8-10,12-13H2,1-2H3,(H,21,24). The normalized spacial score (nSPS) is 16.4. The SMILES string of the molecule is COCCCNC(=O)CN(C)C(=O)c1ccc(Cl)c(S(=O)(=O)NCC2CCCO2)c1. The molecule has 0 aromatic heterocycles. The summed E-state index contributed by atoms with van der Waals surface area (Å²) < 4.78 is 38.1. The van der Waals surface area contributed by atoms with E-state index in [-0.39, 0.29) is 40.6 Å². The zero-order valence-corrected chi connectivity index (χ0v) is 18.7. The predicted molar refractivity (Wildman–Crippen MR) is 112 cm³/mol.